The van der Waals surface area contributed by atoms with Gasteiger partial charge in [0.15, 0.2) is 5.78 Å². The number of rotatable bonds is 8. The van der Waals surface area contributed by atoms with Crippen molar-refractivity contribution in [2.75, 3.05) is 13.2 Å². The van der Waals surface area contributed by atoms with Gasteiger partial charge in [-0.2, -0.15) is 0 Å². The van der Waals surface area contributed by atoms with Crippen molar-refractivity contribution in [1.82, 2.24) is 9.88 Å². The molecule has 0 fully saturated rings. The summed E-state index contributed by atoms with van der Waals surface area (Å²) in [5.41, 5.74) is 2.31. The summed E-state index contributed by atoms with van der Waals surface area (Å²) in [5, 5.41) is 2.04. The Morgan fingerprint density at radius 2 is 2.04 bits per heavy atom. The summed E-state index contributed by atoms with van der Waals surface area (Å²) in [4.78, 5) is 31.6. The zero-order chi connectivity index (χ0) is 18.6. The molecule has 0 bridgehead atoms. The number of thiophene rings is 1. The zero-order valence-corrected chi connectivity index (χ0v) is 16.3. The van der Waals surface area contributed by atoms with Gasteiger partial charge in [-0.3, -0.25) is 9.69 Å². The number of ether oxygens (including phenoxy) is 1. The second-order valence-corrected chi connectivity index (χ2v) is 7.06. The minimum atomic E-state index is -0.383. The van der Waals surface area contributed by atoms with Crippen LogP contribution < -0.4 is 0 Å². The van der Waals surface area contributed by atoms with E-state index in [0.29, 0.717) is 29.1 Å². The number of nitrogens with zero attached hydrogens (tertiary/aromatic N) is 1. The number of esters is 1. The first kappa shape index (κ1) is 19.4. The number of carbonyl (C=O) groups is 2. The molecule has 2 rings (SSSR count). The molecule has 0 radical (unpaired) electrons. The number of aromatic nitrogens is 1. The second kappa shape index (κ2) is 8.45. The van der Waals surface area contributed by atoms with Crippen LogP contribution in [0.5, 0.6) is 0 Å². The van der Waals surface area contributed by atoms with Gasteiger partial charge in [-0.15, -0.1) is 11.3 Å². The largest absolute Gasteiger partial charge is 0.462 e. The van der Waals surface area contributed by atoms with Crippen molar-refractivity contribution in [2.24, 2.45) is 0 Å². The molecule has 0 aromatic carbocycles. The number of Topliss-reactive ketones (excluding diaryl/α,β-unsaturated/α-hetero) is 1. The molecule has 1 atom stereocenters. The number of ketones is 1. The Kier molecular flexibility index (Phi) is 6.56. The molecule has 0 unspecified atom stereocenters. The van der Waals surface area contributed by atoms with Crippen LogP contribution in [0, 0.1) is 13.8 Å². The molecule has 25 heavy (non-hydrogen) atoms. The number of aryl methyl sites for hydroxylation is 1. The molecule has 0 aliphatic rings. The van der Waals surface area contributed by atoms with Gasteiger partial charge >= 0.3 is 5.97 Å². The van der Waals surface area contributed by atoms with Crippen LogP contribution in [0.1, 0.15) is 57.8 Å². The van der Waals surface area contributed by atoms with Crippen LogP contribution in [0.15, 0.2) is 17.5 Å². The van der Waals surface area contributed by atoms with E-state index in [1.807, 2.05) is 25.3 Å². The highest BCUT2D eigenvalue weighted by molar-refractivity contribution is 7.09. The second-order valence-electron chi connectivity index (χ2n) is 6.03. The summed E-state index contributed by atoms with van der Waals surface area (Å²) in [6, 6.07) is 3.82. The highest BCUT2D eigenvalue weighted by Gasteiger charge is 2.28. The molecule has 0 saturated heterocycles. The van der Waals surface area contributed by atoms with Gasteiger partial charge in [-0.1, -0.05) is 13.0 Å². The van der Waals surface area contributed by atoms with E-state index in [0.717, 1.165) is 13.1 Å². The lowest BCUT2D eigenvalue weighted by molar-refractivity contribution is 0.0525. The van der Waals surface area contributed by atoms with E-state index in [2.05, 4.69) is 16.0 Å². The van der Waals surface area contributed by atoms with Crippen LogP contribution in [0.4, 0.5) is 0 Å². The summed E-state index contributed by atoms with van der Waals surface area (Å²) in [5.74, 6) is -0.388. The first-order chi connectivity index (χ1) is 11.9. The van der Waals surface area contributed by atoms with Gasteiger partial charge in [-0.05, 0) is 51.2 Å². The van der Waals surface area contributed by atoms with Crippen LogP contribution in [-0.4, -0.2) is 40.8 Å². The van der Waals surface area contributed by atoms with Gasteiger partial charge in [0.2, 0.25) is 0 Å². The fraction of sp³-hybridized carbons (Fsp3) is 0.474. The molecule has 5 nitrogen and oxygen atoms in total. The molecule has 0 saturated carbocycles. The highest BCUT2D eigenvalue weighted by Crippen LogP contribution is 2.22. The Bertz CT molecular complexity index is 734. The molecule has 0 aliphatic carbocycles. The van der Waals surface area contributed by atoms with E-state index in [4.69, 9.17) is 4.74 Å². The Morgan fingerprint density at radius 1 is 1.32 bits per heavy atom. The van der Waals surface area contributed by atoms with Crippen molar-refractivity contribution in [3.8, 4) is 0 Å². The molecule has 2 aromatic heterocycles. The minimum absolute atomic E-state index is 0.00504. The van der Waals surface area contributed by atoms with Crippen LogP contribution in [0.25, 0.3) is 0 Å². The number of hydrogen-bond acceptors (Lipinski definition) is 5. The highest BCUT2D eigenvalue weighted by atomic mass is 32.1. The van der Waals surface area contributed by atoms with Crippen LogP contribution in [-0.2, 0) is 11.3 Å². The topological polar surface area (TPSA) is 62.4 Å². The van der Waals surface area contributed by atoms with Gasteiger partial charge in [0.25, 0.3) is 0 Å². The van der Waals surface area contributed by atoms with E-state index in [-0.39, 0.29) is 17.8 Å². The molecule has 0 spiro atoms. The van der Waals surface area contributed by atoms with Crippen molar-refractivity contribution in [3.05, 3.63) is 44.9 Å². The first-order valence-electron chi connectivity index (χ1n) is 8.57. The van der Waals surface area contributed by atoms with Gasteiger partial charge in [-0.25, -0.2) is 4.79 Å². The van der Waals surface area contributed by atoms with E-state index >= 15 is 0 Å². The van der Waals surface area contributed by atoms with Crippen molar-refractivity contribution in [2.45, 2.75) is 47.2 Å². The van der Waals surface area contributed by atoms with E-state index < -0.39 is 0 Å². The van der Waals surface area contributed by atoms with Crippen LogP contribution in [0.2, 0.25) is 0 Å². The molecule has 0 amide bonds. The Balaban J connectivity index is 2.24. The lowest BCUT2D eigenvalue weighted by Crippen LogP contribution is -2.38. The van der Waals surface area contributed by atoms with Gasteiger partial charge in [0.1, 0.15) is 0 Å². The van der Waals surface area contributed by atoms with E-state index in [1.165, 1.54) is 4.88 Å². The molecular weight excluding hydrogens is 336 g/mol. The number of nitrogens with one attached hydrogen (secondary N) is 1. The third kappa shape index (κ3) is 4.19. The maximum Gasteiger partial charge on any atom is 0.340 e. The molecule has 2 heterocycles. The number of hydrogen-bond donors (Lipinski definition) is 1. The fourth-order valence-corrected chi connectivity index (χ4v) is 3.74. The maximum atomic E-state index is 13.0. The number of aromatic amines is 1. The van der Waals surface area contributed by atoms with Crippen molar-refractivity contribution < 1.29 is 14.3 Å². The fourth-order valence-electron chi connectivity index (χ4n) is 3.01. The van der Waals surface area contributed by atoms with Crippen molar-refractivity contribution in [1.29, 1.82) is 0 Å². The third-order valence-electron chi connectivity index (χ3n) is 4.44. The zero-order valence-electron chi connectivity index (χ0n) is 15.5. The summed E-state index contributed by atoms with van der Waals surface area (Å²) in [6.45, 7) is 11.2. The predicted molar refractivity (Wildman–Crippen MR) is 100 cm³/mol. The Hall–Kier alpha value is -1.92. The molecule has 2 aromatic rings. The molecule has 0 aliphatic heterocycles. The average molecular weight is 362 g/mol. The maximum absolute atomic E-state index is 13.0. The summed E-state index contributed by atoms with van der Waals surface area (Å²) in [6.07, 6.45) is 0. The molecule has 1 N–H and O–H groups in total. The molecule has 6 heteroatoms. The van der Waals surface area contributed by atoms with Gasteiger partial charge < -0.3 is 9.72 Å². The van der Waals surface area contributed by atoms with Gasteiger partial charge in [0.05, 0.1) is 23.9 Å². The molecule has 136 valence electrons. The predicted octanol–water partition coefficient (Wildman–Crippen LogP) is 3.96. The Morgan fingerprint density at radius 3 is 2.60 bits per heavy atom. The normalized spacial score (nSPS) is 12.4. The van der Waals surface area contributed by atoms with Gasteiger partial charge in [0, 0.05) is 17.1 Å². The van der Waals surface area contributed by atoms with Crippen LogP contribution >= 0.6 is 11.3 Å². The summed E-state index contributed by atoms with van der Waals surface area (Å²) < 4.78 is 5.10. The first-order valence-corrected chi connectivity index (χ1v) is 9.45. The number of carbonyl (C=O) groups excluding carboxylic acids is 2. The smallest absolute Gasteiger partial charge is 0.340 e. The summed E-state index contributed by atoms with van der Waals surface area (Å²) in [7, 11) is 0. The van der Waals surface area contributed by atoms with Crippen molar-refractivity contribution in [3.63, 3.8) is 0 Å². The van der Waals surface area contributed by atoms with E-state index in [1.54, 1.807) is 32.1 Å². The number of H-pyrrole nitrogens is 1. The van der Waals surface area contributed by atoms with E-state index in [9.17, 15) is 9.59 Å². The lowest BCUT2D eigenvalue weighted by atomic mass is 10.0. The summed E-state index contributed by atoms with van der Waals surface area (Å²) >= 11 is 1.69. The third-order valence-corrected chi connectivity index (χ3v) is 5.30. The lowest BCUT2D eigenvalue weighted by Gasteiger charge is -2.26. The minimum Gasteiger partial charge on any atom is -0.462 e. The standard InChI is InChI=1S/C19H26N2O3S/c1-6-21(11-15-9-8-10-25-15)14(5)18(22)17-12(3)16(13(4)20-17)19(23)24-7-2/h8-10,14,20H,6-7,11H2,1-5H3/t14-/m1/s1. The number of likely N-dealkylation sites (N-methyl/N-ethyl adjacent to an activating group) is 1. The van der Waals surface area contributed by atoms with Crippen molar-refractivity contribution >= 4 is 23.1 Å². The quantitative estimate of drug-likeness (QED) is 0.570. The van der Waals surface area contributed by atoms with Crippen LogP contribution in [0.3, 0.4) is 0 Å². The Labute approximate surface area is 153 Å². The monoisotopic (exact) mass is 362 g/mol. The SMILES string of the molecule is CCOC(=O)c1c(C)[nH]c(C(=O)[C@@H](C)N(CC)Cc2cccs2)c1C. The average Bonchev–Trinajstić information content (AvgIpc) is 3.19. The molecular formula is C19H26N2O3S.